The molecule has 1 rings (SSSR count). The van der Waals surface area contributed by atoms with Gasteiger partial charge in [0.2, 0.25) is 0 Å². The number of hydrogen-bond acceptors (Lipinski definition) is 4. The zero-order valence-electron chi connectivity index (χ0n) is 8.94. The first kappa shape index (κ1) is 12.4. The van der Waals surface area contributed by atoms with Crippen molar-refractivity contribution in [2.45, 2.75) is 24.9 Å². The Morgan fingerprint density at radius 2 is 2.20 bits per heavy atom. The van der Waals surface area contributed by atoms with Crippen molar-refractivity contribution in [3.8, 4) is 0 Å². The van der Waals surface area contributed by atoms with Crippen LogP contribution in [-0.4, -0.2) is 48.7 Å². The average molecular weight is 218 g/mol. The van der Waals surface area contributed by atoms with E-state index in [1.54, 1.807) is 0 Å². The van der Waals surface area contributed by atoms with E-state index in [9.17, 15) is 9.90 Å². The van der Waals surface area contributed by atoms with Gasteiger partial charge in [-0.15, -0.1) is 0 Å². The smallest absolute Gasteiger partial charge is 0.338 e. The van der Waals surface area contributed by atoms with Gasteiger partial charge in [-0.3, -0.25) is 0 Å². The minimum absolute atomic E-state index is 0.00729. The molecule has 5 nitrogen and oxygen atoms in total. The number of ether oxygens (including phenoxy) is 2. The fourth-order valence-electron chi connectivity index (χ4n) is 1.66. The maximum atomic E-state index is 11.2. The molecule has 1 fully saturated rings. The minimum Gasteiger partial charge on any atom is -0.479 e. The van der Waals surface area contributed by atoms with Gasteiger partial charge in [-0.2, -0.15) is 0 Å². The van der Waals surface area contributed by atoms with Crippen molar-refractivity contribution in [1.82, 2.24) is 0 Å². The molecule has 0 aromatic carbocycles. The van der Waals surface area contributed by atoms with E-state index in [2.05, 4.69) is 0 Å². The number of hydrogen-bond donors (Lipinski definition) is 2. The van der Waals surface area contributed by atoms with Crippen LogP contribution in [-0.2, 0) is 14.3 Å². The van der Waals surface area contributed by atoms with Crippen molar-refractivity contribution in [2.75, 3.05) is 26.9 Å². The Bertz CT molecular complexity index is 214. The Morgan fingerprint density at radius 1 is 1.53 bits per heavy atom. The summed E-state index contributed by atoms with van der Waals surface area (Å²) in [4.78, 5) is 11.2. The topological polar surface area (TPSA) is 76.0 Å². The molecule has 1 atom stereocenters. The van der Waals surface area contributed by atoms with E-state index in [0.717, 1.165) is 12.8 Å². The van der Waals surface area contributed by atoms with Crippen LogP contribution in [0.25, 0.3) is 0 Å². The molecule has 1 saturated carbocycles. The van der Waals surface area contributed by atoms with E-state index >= 15 is 0 Å². The standard InChI is InChI=1S/C10H18O5/c1-14-7-10(9(12)13,8-3-4-8)15-6-2-5-11/h8,11H,2-7H2,1H3,(H,12,13). The molecule has 0 aliphatic heterocycles. The lowest BCUT2D eigenvalue weighted by molar-refractivity contribution is -0.178. The van der Waals surface area contributed by atoms with Crippen LogP contribution >= 0.6 is 0 Å². The normalized spacial score (nSPS) is 19.9. The maximum Gasteiger partial charge on any atom is 0.338 e. The van der Waals surface area contributed by atoms with Gasteiger partial charge < -0.3 is 19.7 Å². The highest BCUT2D eigenvalue weighted by atomic mass is 16.6. The molecule has 0 radical (unpaired) electrons. The monoisotopic (exact) mass is 218 g/mol. The van der Waals surface area contributed by atoms with E-state index in [0.29, 0.717) is 6.42 Å². The summed E-state index contributed by atoms with van der Waals surface area (Å²) in [7, 11) is 1.47. The van der Waals surface area contributed by atoms with Crippen LogP contribution in [0.4, 0.5) is 0 Å². The molecular formula is C10H18O5. The van der Waals surface area contributed by atoms with Crippen LogP contribution in [0.5, 0.6) is 0 Å². The van der Waals surface area contributed by atoms with E-state index < -0.39 is 11.6 Å². The molecule has 0 amide bonds. The second-order valence-electron chi connectivity index (χ2n) is 3.83. The van der Waals surface area contributed by atoms with Crippen molar-refractivity contribution in [2.24, 2.45) is 5.92 Å². The zero-order chi connectivity index (χ0) is 11.3. The number of carbonyl (C=O) groups is 1. The van der Waals surface area contributed by atoms with Crippen LogP contribution in [0, 0.1) is 5.92 Å². The van der Waals surface area contributed by atoms with Crippen molar-refractivity contribution >= 4 is 5.97 Å². The summed E-state index contributed by atoms with van der Waals surface area (Å²) < 4.78 is 10.3. The molecule has 2 N–H and O–H groups in total. The highest BCUT2D eigenvalue weighted by Crippen LogP contribution is 2.42. The predicted octanol–water partition coefficient (Wildman–Crippen LogP) is 0.265. The first-order chi connectivity index (χ1) is 7.17. The largest absolute Gasteiger partial charge is 0.479 e. The van der Waals surface area contributed by atoms with Gasteiger partial charge in [0.05, 0.1) is 13.2 Å². The van der Waals surface area contributed by atoms with Gasteiger partial charge in [-0.05, 0) is 19.3 Å². The number of carboxylic acid groups (broad SMARTS) is 1. The molecule has 0 spiro atoms. The summed E-state index contributed by atoms with van der Waals surface area (Å²) in [6.45, 7) is 0.328. The predicted molar refractivity (Wildman–Crippen MR) is 52.6 cm³/mol. The van der Waals surface area contributed by atoms with Gasteiger partial charge in [-0.25, -0.2) is 4.79 Å². The van der Waals surface area contributed by atoms with E-state index in [-0.39, 0.29) is 25.7 Å². The number of methoxy groups -OCH3 is 1. The fourth-order valence-corrected chi connectivity index (χ4v) is 1.66. The van der Waals surface area contributed by atoms with Gasteiger partial charge in [-0.1, -0.05) is 0 Å². The molecule has 1 unspecified atom stereocenters. The van der Waals surface area contributed by atoms with Crippen molar-refractivity contribution < 1.29 is 24.5 Å². The summed E-state index contributed by atoms with van der Waals surface area (Å²) in [5.74, 6) is -0.918. The number of carboxylic acids is 1. The maximum absolute atomic E-state index is 11.2. The summed E-state index contributed by atoms with van der Waals surface area (Å²) in [6.07, 6.45) is 2.19. The van der Waals surface area contributed by atoms with E-state index in [1.807, 2.05) is 0 Å². The molecule has 1 aliphatic carbocycles. The highest BCUT2D eigenvalue weighted by molar-refractivity contribution is 5.78. The second-order valence-corrected chi connectivity index (χ2v) is 3.83. The van der Waals surface area contributed by atoms with Crippen molar-refractivity contribution in [3.05, 3.63) is 0 Å². The highest BCUT2D eigenvalue weighted by Gasteiger charge is 2.52. The Balaban J connectivity index is 2.59. The Hall–Kier alpha value is -0.650. The molecule has 0 saturated heterocycles. The number of aliphatic carboxylic acids is 1. The summed E-state index contributed by atoms with van der Waals surface area (Å²) in [5.41, 5.74) is -1.20. The number of aliphatic hydroxyl groups is 1. The summed E-state index contributed by atoms with van der Waals surface area (Å²) >= 11 is 0. The molecule has 5 heteroatoms. The molecule has 1 aliphatic rings. The summed E-state index contributed by atoms with van der Waals surface area (Å²) in [5, 5.41) is 17.8. The second kappa shape index (κ2) is 5.44. The van der Waals surface area contributed by atoms with E-state index in [4.69, 9.17) is 14.6 Å². The van der Waals surface area contributed by atoms with Crippen LogP contribution in [0.3, 0.4) is 0 Å². The Morgan fingerprint density at radius 3 is 2.60 bits per heavy atom. The van der Waals surface area contributed by atoms with E-state index in [1.165, 1.54) is 7.11 Å². The minimum atomic E-state index is -1.20. The average Bonchev–Trinajstić information content (AvgIpc) is 3.00. The lowest BCUT2D eigenvalue weighted by atomic mass is 9.99. The van der Waals surface area contributed by atoms with Crippen LogP contribution in [0.2, 0.25) is 0 Å². The number of aliphatic hydroxyl groups excluding tert-OH is 1. The Labute approximate surface area is 89.0 Å². The fraction of sp³-hybridized carbons (Fsp3) is 0.900. The number of rotatable bonds is 8. The van der Waals surface area contributed by atoms with Crippen LogP contribution in [0.1, 0.15) is 19.3 Å². The van der Waals surface area contributed by atoms with Gasteiger partial charge >= 0.3 is 5.97 Å². The SMILES string of the molecule is COCC(OCCCO)(C(=O)O)C1CC1. The van der Waals surface area contributed by atoms with Crippen molar-refractivity contribution in [1.29, 1.82) is 0 Å². The van der Waals surface area contributed by atoms with Gasteiger partial charge in [0.25, 0.3) is 0 Å². The quantitative estimate of drug-likeness (QED) is 0.572. The third-order valence-corrected chi connectivity index (χ3v) is 2.62. The van der Waals surface area contributed by atoms with Crippen LogP contribution < -0.4 is 0 Å². The van der Waals surface area contributed by atoms with Crippen LogP contribution in [0.15, 0.2) is 0 Å². The lowest BCUT2D eigenvalue weighted by Crippen LogP contribution is -2.48. The van der Waals surface area contributed by atoms with Gasteiger partial charge in [0.15, 0.2) is 5.60 Å². The van der Waals surface area contributed by atoms with Gasteiger partial charge in [0, 0.05) is 19.6 Å². The first-order valence-corrected chi connectivity index (χ1v) is 5.14. The van der Waals surface area contributed by atoms with Gasteiger partial charge in [0.1, 0.15) is 0 Å². The molecule has 88 valence electrons. The molecule has 15 heavy (non-hydrogen) atoms. The molecule has 0 bridgehead atoms. The molecule has 0 aromatic heterocycles. The first-order valence-electron chi connectivity index (χ1n) is 5.14. The van der Waals surface area contributed by atoms with Crippen molar-refractivity contribution in [3.63, 3.8) is 0 Å². The summed E-state index contributed by atoms with van der Waals surface area (Å²) in [6, 6.07) is 0. The molecule has 0 heterocycles. The third-order valence-electron chi connectivity index (χ3n) is 2.62. The lowest BCUT2D eigenvalue weighted by Gasteiger charge is -2.28. The zero-order valence-corrected chi connectivity index (χ0v) is 8.94. The third kappa shape index (κ3) is 2.90. The molecular weight excluding hydrogens is 200 g/mol. The molecule has 0 aromatic rings. The Kier molecular flexibility index (Phi) is 4.50.